The predicted octanol–water partition coefficient (Wildman–Crippen LogP) is 2.87. The SMILES string of the molecule is O=C(Cc1ccccc1)N1N=C2CCCC[C@H]2[C@]1(O)C(F)(F)F. The molecule has 2 atom stereocenters. The summed E-state index contributed by atoms with van der Waals surface area (Å²) in [4.78, 5) is 12.4. The maximum absolute atomic E-state index is 13.5. The summed E-state index contributed by atoms with van der Waals surface area (Å²) in [5, 5.41) is 14.5. The van der Waals surface area contributed by atoms with Gasteiger partial charge in [0.05, 0.1) is 12.3 Å². The van der Waals surface area contributed by atoms with Crippen molar-refractivity contribution in [1.29, 1.82) is 0 Å². The standard InChI is InChI=1S/C16H17F3N2O2/c17-16(18,19)15(23)12-8-4-5-9-13(12)20-21(15)14(22)10-11-6-2-1-3-7-11/h1-3,6-7,12,23H,4-5,8-10H2/t12-,15+/m1/s1. The van der Waals surface area contributed by atoms with Crippen molar-refractivity contribution in [1.82, 2.24) is 5.01 Å². The average Bonchev–Trinajstić information content (AvgIpc) is 2.83. The smallest absolute Gasteiger partial charge is 0.362 e. The number of nitrogens with zero attached hydrogens (tertiary/aromatic N) is 2. The zero-order valence-electron chi connectivity index (χ0n) is 12.4. The van der Waals surface area contributed by atoms with E-state index >= 15 is 0 Å². The van der Waals surface area contributed by atoms with Gasteiger partial charge in [0.25, 0.3) is 5.72 Å². The molecule has 124 valence electrons. The van der Waals surface area contributed by atoms with Gasteiger partial charge in [0.15, 0.2) is 0 Å². The minimum Gasteiger partial charge on any atom is -0.362 e. The second-order valence-electron chi connectivity index (χ2n) is 5.98. The summed E-state index contributed by atoms with van der Waals surface area (Å²) in [5.41, 5.74) is -2.37. The van der Waals surface area contributed by atoms with Gasteiger partial charge in [-0.2, -0.15) is 23.3 Å². The molecule has 0 radical (unpaired) electrons. The first-order chi connectivity index (χ1) is 10.8. The van der Waals surface area contributed by atoms with Gasteiger partial charge in [-0.05, 0) is 24.8 Å². The Morgan fingerprint density at radius 2 is 2.00 bits per heavy atom. The Morgan fingerprint density at radius 3 is 2.65 bits per heavy atom. The number of benzene rings is 1. The number of carbonyl (C=O) groups is 1. The van der Waals surface area contributed by atoms with Crippen LogP contribution in [-0.4, -0.2) is 33.6 Å². The summed E-state index contributed by atoms with van der Waals surface area (Å²) in [5.74, 6) is -2.01. The monoisotopic (exact) mass is 326 g/mol. The van der Waals surface area contributed by atoms with Crippen LogP contribution in [0.5, 0.6) is 0 Å². The number of aliphatic hydroxyl groups is 1. The van der Waals surface area contributed by atoms with Gasteiger partial charge in [-0.1, -0.05) is 36.8 Å². The van der Waals surface area contributed by atoms with Crippen molar-refractivity contribution in [3.05, 3.63) is 35.9 Å². The molecule has 0 aromatic heterocycles. The lowest BCUT2D eigenvalue weighted by Gasteiger charge is -2.38. The highest BCUT2D eigenvalue weighted by Crippen LogP contribution is 2.48. The molecule has 1 aromatic rings. The van der Waals surface area contributed by atoms with Gasteiger partial charge in [-0.25, -0.2) is 0 Å². The zero-order chi connectivity index (χ0) is 16.7. The molecule has 1 aliphatic carbocycles. The fourth-order valence-electron chi connectivity index (χ4n) is 3.31. The lowest BCUT2D eigenvalue weighted by Crippen LogP contribution is -2.61. The molecule has 0 bridgehead atoms. The van der Waals surface area contributed by atoms with Crippen LogP contribution in [0.4, 0.5) is 13.2 Å². The number of halogens is 3. The van der Waals surface area contributed by atoms with E-state index in [4.69, 9.17) is 0 Å². The van der Waals surface area contributed by atoms with Gasteiger partial charge in [0.2, 0.25) is 5.91 Å². The normalized spacial score (nSPS) is 27.6. The van der Waals surface area contributed by atoms with Crippen LogP contribution in [0.2, 0.25) is 0 Å². The molecule has 1 aromatic carbocycles. The number of hydrogen-bond acceptors (Lipinski definition) is 3. The third-order valence-corrected chi connectivity index (χ3v) is 4.47. The molecule has 7 heteroatoms. The third-order valence-electron chi connectivity index (χ3n) is 4.47. The predicted molar refractivity (Wildman–Crippen MR) is 77.4 cm³/mol. The molecule has 23 heavy (non-hydrogen) atoms. The third kappa shape index (κ3) is 2.63. The first-order valence-electron chi connectivity index (χ1n) is 7.57. The van der Waals surface area contributed by atoms with Crippen molar-refractivity contribution in [3.8, 4) is 0 Å². The Kier molecular flexibility index (Phi) is 3.91. The molecule has 1 saturated carbocycles. The molecule has 1 aliphatic heterocycles. The van der Waals surface area contributed by atoms with Crippen molar-refractivity contribution in [2.24, 2.45) is 11.0 Å². The summed E-state index contributed by atoms with van der Waals surface area (Å²) in [6.45, 7) is 0. The number of carbonyl (C=O) groups excluding carboxylic acids is 1. The minimum absolute atomic E-state index is 0.184. The number of fused-ring (bicyclic) bond motifs is 1. The van der Waals surface area contributed by atoms with E-state index in [0.717, 1.165) is 6.42 Å². The first-order valence-corrected chi connectivity index (χ1v) is 7.57. The lowest BCUT2D eigenvalue weighted by atomic mass is 9.80. The van der Waals surface area contributed by atoms with Gasteiger partial charge in [0.1, 0.15) is 0 Å². The van der Waals surface area contributed by atoms with E-state index in [1.807, 2.05) is 0 Å². The van der Waals surface area contributed by atoms with Gasteiger partial charge in [-0.3, -0.25) is 4.79 Å². The summed E-state index contributed by atoms with van der Waals surface area (Å²) >= 11 is 0. The fourth-order valence-corrected chi connectivity index (χ4v) is 3.31. The fraction of sp³-hybridized carbons (Fsp3) is 0.500. The Labute approximate surface area is 131 Å². The van der Waals surface area contributed by atoms with Crippen LogP contribution in [0.3, 0.4) is 0 Å². The Bertz CT molecular complexity index is 630. The molecule has 1 N–H and O–H groups in total. The van der Waals surface area contributed by atoms with Crippen LogP contribution < -0.4 is 0 Å². The molecule has 0 spiro atoms. The Balaban J connectivity index is 1.92. The minimum atomic E-state index is -4.95. The molecule has 0 unspecified atom stereocenters. The highest BCUT2D eigenvalue weighted by atomic mass is 19.4. The number of amides is 1. The van der Waals surface area contributed by atoms with Crippen molar-refractivity contribution in [3.63, 3.8) is 0 Å². The van der Waals surface area contributed by atoms with Crippen LogP contribution in [0.15, 0.2) is 35.4 Å². The number of hydrazone groups is 1. The molecule has 1 fully saturated rings. The summed E-state index contributed by atoms with van der Waals surface area (Å²) in [6, 6.07) is 8.47. The topological polar surface area (TPSA) is 52.9 Å². The van der Waals surface area contributed by atoms with Crippen molar-refractivity contribution in [2.75, 3.05) is 0 Å². The van der Waals surface area contributed by atoms with E-state index in [1.54, 1.807) is 30.3 Å². The summed E-state index contributed by atoms with van der Waals surface area (Å²) in [7, 11) is 0. The van der Waals surface area contributed by atoms with Crippen molar-refractivity contribution < 1.29 is 23.1 Å². The summed E-state index contributed by atoms with van der Waals surface area (Å²) in [6.07, 6.45) is -3.30. The number of rotatable bonds is 2. The van der Waals surface area contributed by atoms with Crippen LogP contribution >= 0.6 is 0 Å². The van der Waals surface area contributed by atoms with Crippen LogP contribution in [0.25, 0.3) is 0 Å². The van der Waals surface area contributed by atoms with Gasteiger partial charge < -0.3 is 5.11 Å². The van der Waals surface area contributed by atoms with Crippen LogP contribution in [-0.2, 0) is 11.2 Å². The second-order valence-corrected chi connectivity index (χ2v) is 5.98. The largest absolute Gasteiger partial charge is 0.439 e. The summed E-state index contributed by atoms with van der Waals surface area (Å²) < 4.78 is 40.6. The lowest BCUT2D eigenvalue weighted by molar-refractivity contribution is -0.317. The molecular formula is C16H17F3N2O2. The maximum Gasteiger partial charge on any atom is 0.439 e. The molecule has 3 rings (SSSR count). The van der Waals surface area contributed by atoms with Gasteiger partial charge in [-0.15, -0.1) is 0 Å². The van der Waals surface area contributed by atoms with Crippen LogP contribution in [0, 0.1) is 5.92 Å². The van der Waals surface area contributed by atoms with E-state index in [1.165, 1.54) is 0 Å². The molecule has 4 nitrogen and oxygen atoms in total. The number of hydrogen-bond donors (Lipinski definition) is 1. The van der Waals surface area contributed by atoms with E-state index < -0.39 is 23.7 Å². The second kappa shape index (κ2) is 5.63. The molecular weight excluding hydrogens is 309 g/mol. The zero-order valence-corrected chi connectivity index (χ0v) is 12.4. The molecule has 0 saturated heterocycles. The van der Waals surface area contributed by atoms with Crippen LogP contribution in [0.1, 0.15) is 31.2 Å². The van der Waals surface area contributed by atoms with E-state index in [2.05, 4.69) is 5.10 Å². The number of alkyl halides is 3. The van der Waals surface area contributed by atoms with Gasteiger partial charge >= 0.3 is 6.18 Å². The van der Waals surface area contributed by atoms with Crippen molar-refractivity contribution >= 4 is 11.6 Å². The van der Waals surface area contributed by atoms with E-state index in [0.29, 0.717) is 18.4 Å². The Hall–Kier alpha value is -1.89. The molecule has 2 aliphatic rings. The average molecular weight is 326 g/mol. The van der Waals surface area contributed by atoms with Crippen molar-refractivity contribution in [2.45, 2.75) is 44.0 Å². The quantitative estimate of drug-likeness (QED) is 0.908. The maximum atomic E-state index is 13.5. The molecule has 1 amide bonds. The first kappa shape index (κ1) is 16.0. The van der Waals surface area contributed by atoms with E-state index in [9.17, 15) is 23.1 Å². The highest BCUT2D eigenvalue weighted by Gasteiger charge is 2.68. The van der Waals surface area contributed by atoms with E-state index in [-0.39, 0.29) is 23.6 Å². The molecule has 1 heterocycles. The highest BCUT2D eigenvalue weighted by molar-refractivity contribution is 5.93. The Morgan fingerprint density at radius 1 is 1.30 bits per heavy atom. The van der Waals surface area contributed by atoms with Gasteiger partial charge in [0, 0.05) is 5.71 Å².